The van der Waals surface area contributed by atoms with Gasteiger partial charge in [0.1, 0.15) is 0 Å². The fourth-order valence-electron chi connectivity index (χ4n) is 3.71. The molecule has 2 unspecified atom stereocenters. The summed E-state index contributed by atoms with van der Waals surface area (Å²) in [6, 6.07) is 0. The zero-order valence-corrected chi connectivity index (χ0v) is 12.8. The second kappa shape index (κ2) is 4.85. The van der Waals surface area contributed by atoms with Gasteiger partial charge < -0.3 is 15.4 Å². The van der Waals surface area contributed by atoms with E-state index in [9.17, 15) is 0 Å². The molecule has 0 saturated carbocycles. The Morgan fingerprint density at radius 1 is 1.47 bits per heavy atom. The molecule has 2 fully saturated rings. The molecule has 2 N–H and O–H groups in total. The average Bonchev–Trinajstić information content (AvgIpc) is 2.93. The maximum atomic E-state index is 6.16. The molecular formula is C14H25N3OS. The van der Waals surface area contributed by atoms with Crippen LogP contribution < -0.4 is 5.73 Å². The molecule has 3 aliphatic heterocycles. The SMILES string of the molecule is CC1(C)CSCC2(CN=C(N)N2CC2CCCO2)C1. The van der Waals surface area contributed by atoms with Gasteiger partial charge in [0.25, 0.3) is 0 Å². The molecule has 0 aliphatic carbocycles. The van der Waals surface area contributed by atoms with E-state index in [4.69, 9.17) is 10.5 Å². The summed E-state index contributed by atoms with van der Waals surface area (Å²) in [6.07, 6.45) is 3.88. The van der Waals surface area contributed by atoms with Crippen molar-refractivity contribution < 1.29 is 4.74 Å². The van der Waals surface area contributed by atoms with Gasteiger partial charge in [0, 0.05) is 18.9 Å². The highest BCUT2D eigenvalue weighted by atomic mass is 32.2. The van der Waals surface area contributed by atoms with Crippen molar-refractivity contribution in [2.45, 2.75) is 44.8 Å². The normalized spacial score (nSPS) is 37.9. The number of hydrogen-bond donors (Lipinski definition) is 1. The zero-order chi connectivity index (χ0) is 13.5. The molecule has 108 valence electrons. The highest BCUT2D eigenvalue weighted by Gasteiger charge is 2.48. The van der Waals surface area contributed by atoms with E-state index in [1.807, 2.05) is 0 Å². The number of ether oxygens (including phenoxy) is 1. The lowest BCUT2D eigenvalue weighted by atomic mass is 9.79. The van der Waals surface area contributed by atoms with Crippen LogP contribution in [-0.2, 0) is 4.74 Å². The minimum absolute atomic E-state index is 0.141. The van der Waals surface area contributed by atoms with Gasteiger partial charge in [-0.1, -0.05) is 13.8 Å². The first-order valence-corrected chi connectivity index (χ1v) is 8.43. The van der Waals surface area contributed by atoms with Gasteiger partial charge in [-0.15, -0.1) is 0 Å². The average molecular weight is 283 g/mol. The lowest BCUT2D eigenvalue weighted by Crippen LogP contribution is -2.59. The number of thioether (sulfide) groups is 1. The van der Waals surface area contributed by atoms with Crippen molar-refractivity contribution >= 4 is 17.7 Å². The van der Waals surface area contributed by atoms with Crippen LogP contribution in [0.15, 0.2) is 4.99 Å². The van der Waals surface area contributed by atoms with E-state index in [1.54, 1.807) is 0 Å². The van der Waals surface area contributed by atoms with Gasteiger partial charge in [-0.2, -0.15) is 11.8 Å². The van der Waals surface area contributed by atoms with Crippen LogP contribution >= 0.6 is 11.8 Å². The first-order chi connectivity index (χ1) is 9.01. The second-order valence-corrected chi connectivity index (χ2v) is 7.96. The Balaban J connectivity index is 1.76. The molecule has 0 bridgehead atoms. The molecule has 0 amide bonds. The predicted molar refractivity (Wildman–Crippen MR) is 80.6 cm³/mol. The Kier molecular flexibility index (Phi) is 3.46. The van der Waals surface area contributed by atoms with Crippen molar-refractivity contribution in [3.05, 3.63) is 0 Å². The maximum Gasteiger partial charge on any atom is 0.191 e. The fourth-order valence-corrected chi connectivity index (χ4v) is 5.19. The van der Waals surface area contributed by atoms with E-state index in [0.717, 1.165) is 37.8 Å². The van der Waals surface area contributed by atoms with Crippen LogP contribution in [0.3, 0.4) is 0 Å². The number of nitrogens with two attached hydrogens (primary N) is 1. The smallest absolute Gasteiger partial charge is 0.191 e. The van der Waals surface area contributed by atoms with Crippen LogP contribution in [0.1, 0.15) is 33.1 Å². The van der Waals surface area contributed by atoms with Crippen LogP contribution in [0.5, 0.6) is 0 Å². The van der Waals surface area contributed by atoms with Crippen molar-refractivity contribution in [1.82, 2.24) is 4.90 Å². The van der Waals surface area contributed by atoms with Gasteiger partial charge in [0.05, 0.1) is 18.2 Å². The number of aliphatic imine (C=N–C) groups is 1. The third-order valence-corrected chi connectivity index (χ3v) is 6.19. The Bertz CT molecular complexity index is 379. The summed E-state index contributed by atoms with van der Waals surface area (Å²) in [6.45, 7) is 7.41. The minimum Gasteiger partial charge on any atom is -0.376 e. The Morgan fingerprint density at radius 2 is 2.32 bits per heavy atom. The summed E-state index contributed by atoms with van der Waals surface area (Å²) in [5.74, 6) is 3.12. The number of hydrogen-bond acceptors (Lipinski definition) is 5. The van der Waals surface area contributed by atoms with Gasteiger partial charge in [0.2, 0.25) is 0 Å². The summed E-state index contributed by atoms with van der Waals surface area (Å²) in [5.41, 5.74) is 6.68. The number of nitrogens with zero attached hydrogens (tertiary/aromatic N) is 2. The van der Waals surface area contributed by atoms with Crippen molar-refractivity contribution in [1.29, 1.82) is 0 Å². The third-order valence-electron chi connectivity index (χ3n) is 4.47. The van der Waals surface area contributed by atoms with E-state index in [0.29, 0.717) is 11.5 Å². The quantitative estimate of drug-likeness (QED) is 0.838. The molecule has 0 aromatic carbocycles. The van der Waals surface area contributed by atoms with Gasteiger partial charge in [-0.3, -0.25) is 4.99 Å². The van der Waals surface area contributed by atoms with E-state index in [1.165, 1.54) is 18.6 Å². The molecule has 1 spiro atoms. The largest absolute Gasteiger partial charge is 0.376 e. The van der Waals surface area contributed by atoms with Crippen molar-refractivity contribution in [2.75, 3.05) is 31.2 Å². The molecule has 3 rings (SSSR count). The predicted octanol–water partition coefficient (Wildman–Crippen LogP) is 1.70. The van der Waals surface area contributed by atoms with Crippen LogP contribution in [-0.4, -0.2) is 53.7 Å². The van der Waals surface area contributed by atoms with Gasteiger partial charge >= 0.3 is 0 Å². The van der Waals surface area contributed by atoms with Crippen molar-refractivity contribution in [3.8, 4) is 0 Å². The molecule has 3 heterocycles. The third kappa shape index (κ3) is 2.59. The van der Waals surface area contributed by atoms with Crippen molar-refractivity contribution in [3.63, 3.8) is 0 Å². The molecule has 19 heavy (non-hydrogen) atoms. The Morgan fingerprint density at radius 3 is 3.00 bits per heavy atom. The Hall–Kier alpha value is -0.420. The van der Waals surface area contributed by atoms with Crippen LogP contribution in [0.4, 0.5) is 0 Å². The van der Waals surface area contributed by atoms with Crippen molar-refractivity contribution in [2.24, 2.45) is 16.1 Å². The summed E-state index contributed by atoms with van der Waals surface area (Å²) in [5, 5.41) is 0. The molecule has 5 heteroatoms. The summed E-state index contributed by atoms with van der Waals surface area (Å²) < 4.78 is 5.79. The highest BCUT2D eigenvalue weighted by Crippen LogP contribution is 2.44. The van der Waals surface area contributed by atoms with Gasteiger partial charge in [0.15, 0.2) is 5.96 Å². The van der Waals surface area contributed by atoms with E-state index in [-0.39, 0.29) is 5.54 Å². The summed E-state index contributed by atoms with van der Waals surface area (Å²) in [4.78, 5) is 6.91. The monoisotopic (exact) mass is 283 g/mol. The first kappa shape index (κ1) is 13.6. The fraction of sp³-hybridized carbons (Fsp3) is 0.929. The maximum absolute atomic E-state index is 6.16. The first-order valence-electron chi connectivity index (χ1n) is 7.28. The molecular weight excluding hydrogens is 258 g/mol. The lowest BCUT2D eigenvalue weighted by molar-refractivity contribution is 0.0577. The topological polar surface area (TPSA) is 50.8 Å². The second-order valence-electron chi connectivity index (χ2n) is 6.98. The molecule has 2 atom stereocenters. The van der Waals surface area contributed by atoms with Crippen LogP contribution in [0.2, 0.25) is 0 Å². The summed E-state index contributed by atoms with van der Waals surface area (Å²) >= 11 is 2.05. The lowest BCUT2D eigenvalue weighted by Gasteiger charge is -2.48. The van der Waals surface area contributed by atoms with Gasteiger partial charge in [-0.05, 0) is 30.4 Å². The van der Waals surface area contributed by atoms with Crippen LogP contribution in [0, 0.1) is 5.41 Å². The molecule has 4 nitrogen and oxygen atoms in total. The zero-order valence-electron chi connectivity index (χ0n) is 12.0. The number of rotatable bonds is 2. The van der Waals surface area contributed by atoms with Crippen LogP contribution in [0.25, 0.3) is 0 Å². The number of guanidine groups is 1. The Labute approximate surface area is 120 Å². The molecule has 0 radical (unpaired) electrons. The molecule has 2 saturated heterocycles. The van der Waals surface area contributed by atoms with Gasteiger partial charge in [-0.25, -0.2) is 0 Å². The minimum atomic E-state index is 0.141. The highest BCUT2D eigenvalue weighted by molar-refractivity contribution is 7.99. The van der Waals surface area contributed by atoms with E-state index in [2.05, 4.69) is 35.5 Å². The van der Waals surface area contributed by atoms with E-state index < -0.39 is 0 Å². The standard InChI is InChI=1S/C14H25N3OS/c1-13(2)7-14(10-19-9-13)8-16-12(15)17(14)6-11-4-3-5-18-11/h11H,3-10H2,1-2H3,(H2,15,16). The molecule has 0 aromatic heterocycles. The van der Waals surface area contributed by atoms with E-state index >= 15 is 0 Å². The molecule has 0 aromatic rings. The summed E-state index contributed by atoms with van der Waals surface area (Å²) in [7, 11) is 0. The molecule has 3 aliphatic rings.